The zero-order valence-electron chi connectivity index (χ0n) is 34.9. The van der Waals surface area contributed by atoms with E-state index in [1.165, 1.54) is 0 Å². The summed E-state index contributed by atoms with van der Waals surface area (Å²) in [5, 5.41) is 16.6. The molecule has 2 saturated carbocycles. The molecule has 10 N–H and O–H groups in total. The van der Waals surface area contributed by atoms with Gasteiger partial charge in [-0.2, -0.15) is 0 Å². The number of hydrogen-bond acceptors (Lipinski definition) is 10. The molecule has 5 aromatic rings. The zero-order chi connectivity index (χ0) is 44.9. The maximum absolute atomic E-state index is 13.2. The molecular weight excluding hydrogens is 805 g/mol. The number of nitrogens with one attached hydrogen (secondary N) is 6. The molecule has 0 radical (unpaired) electrons. The molecular formula is C47H48N8O8. The van der Waals surface area contributed by atoms with E-state index in [4.69, 9.17) is 20.9 Å². The summed E-state index contributed by atoms with van der Waals surface area (Å²) >= 11 is 0. The third kappa shape index (κ3) is 10.7. The minimum atomic E-state index is -1.11. The van der Waals surface area contributed by atoms with Crippen LogP contribution in [0.15, 0.2) is 115 Å². The van der Waals surface area contributed by atoms with Crippen molar-refractivity contribution in [2.45, 2.75) is 69.7 Å². The summed E-state index contributed by atoms with van der Waals surface area (Å²) in [6.45, 7) is 5.18. The predicted molar refractivity (Wildman–Crippen MR) is 240 cm³/mol. The Kier molecular flexibility index (Phi) is 12.1. The van der Waals surface area contributed by atoms with Gasteiger partial charge in [0.25, 0.3) is 11.8 Å². The third-order valence-corrected chi connectivity index (χ3v) is 10.5. The number of para-hydroxylation sites is 3. The lowest BCUT2D eigenvalue weighted by Gasteiger charge is -2.23. The summed E-state index contributed by atoms with van der Waals surface area (Å²) in [5.41, 5.74) is 15.0. The minimum Gasteiger partial charge on any atom is -0.445 e. The van der Waals surface area contributed by atoms with Crippen molar-refractivity contribution < 1.29 is 38.2 Å². The van der Waals surface area contributed by atoms with Crippen molar-refractivity contribution in [1.82, 2.24) is 10.6 Å². The molecule has 0 bridgehead atoms. The lowest BCUT2D eigenvalue weighted by Crippen LogP contribution is -2.47. The maximum atomic E-state index is 13.2. The summed E-state index contributed by atoms with van der Waals surface area (Å²) < 4.78 is 10.7. The fourth-order valence-electron chi connectivity index (χ4n) is 6.56. The second kappa shape index (κ2) is 17.6. The Morgan fingerprint density at radius 3 is 1.57 bits per heavy atom. The van der Waals surface area contributed by atoms with Gasteiger partial charge in [-0.3, -0.25) is 19.2 Å². The van der Waals surface area contributed by atoms with E-state index >= 15 is 0 Å². The standard InChI is InChI=1S/C47H48N8O8/c1-45(2,3)63-44(61)55-47(25-26-47)42(59)51-33-21-17-31(18-22-33)40(57)53-37-10-6-7-34(38(37)49)29-13-11-28(12-14-29)27-62-43(60)54-46(23-24-46)41(58)50-32-19-15-30(16-20-32)39(56)52-36-9-5-4-8-35(36)48/h4-22H,23-27,48-49H2,1-3H3,(H,50,58)(H,51,59)(H,52,56)(H,53,57)(H,54,60)(H,55,61). The molecule has 0 atom stereocenters. The molecule has 0 heterocycles. The highest BCUT2D eigenvalue weighted by molar-refractivity contribution is 6.08. The second-order valence-corrected chi connectivity index (χ2v) is 16.5. The van der Waals surface area contributed by atoms with Crippen LogP contribution in [-0.4, -0.2) is 52.5 Å². The highest BCUT2D eigenvalue weighted by Gasteiger charge is 2.52. The van der Waals surface area contributed by atoms with Crippen LogP contribution in [0.2, 0.25) is 0 Å². The van der Waals surface area contributed by atoms with E-state index in [0.29, 0.717) is 82.1 Å². The Hall–Kier alpha value is -7.88. The van der Waals surface area contributed by atoms with Crippen LogP contribution in [0.3, 0.4) is 0 Å². The van der Waals surface area contributed by atoms with E-state index in [-0.39, 0.29) is 18.4 Å². The number of hydrogen-bond donors (Lipinski definition) is 8. The molecule has 16 nitrogen and oxygen atoms in total. The molecule has 16 heteroatoms. The van der Waals surface area contributed by atoms with Gasteiger partial charge in [-0.05, 0) is 124 Å². The number of benzene rings is 5. The summed E-state index contributed by atoms with van der Waals surface area (Å²) in [6.07, 6.45) is 0.435. The van der Waals surface area contributed by atoms with Gasteiger partial charge in [0.05, 0.1) is 22.7 Å². The van der Waals surface area contributed by atoms with Crippen LogP contribution in [0, 0.1) is 0 Å². The molecule has 5 aromatic carbocycles. The second-order valence-electron chi connectivity index (χ2n) is 16.5. The van der Waals surface area contributed by atoms with Crippen LogP contribution >= 0.6 is 0 Å². The third-order valence-electron chi connectivity index (χ3n) is 10.5. The van der Waals surface area contributed by atoms with Gasteiger partial charge in [0, 0.05) is 28.1 Å². The van der Waals surface area contributed by atoms with Crippen LogP contribution in [0.1, 0.15) is 72.7 Å². The zero-order valence-corrected chi connectivity index (χ0v) is 34.9. The Morgan fingerprint density at radius 2 is 1.06 bits per heavy atom. The van der Waals surface area contributed by atoms with Crippen LogP contribution in [0.25, 0.3) is 11.1 Å². The minimum absolute atomic E-state index is 0.0557. The number of amides is 6. The summed E-state index contributed by atoms with van der Waals surface area (Å²) in [6, 6.07) is 32.1. The average Bonchev–Trinajstić information content (AvgIpc) is 4.19. The number of anilines is 6. The van der Waals surface area contributed by atoms with Crippen molar-refractivity contribution in [2.24, 2.45) is 0 Å². The van der Waals surface area contributed by atoms with E-state index in [9.17, 15) is 28.8 Å². The molecule has 0 unspecified atom stereocenters. The van der Waals surface area contributed by atoms with Gasteiger partial charge in [0.15, 0.2) is 0 Å². The van der Waals surface area contributed by atoms with Gasteiger partial charge in [-0.25, -0.2) is 9.59 Å². The molecule has 0 saturated heterocycles. The molecule has 2 aliphatic carbocycles. The Balaban J connectivity index is 0.873. The van der Waals surface area contributed by atoms with E-state index in [1.807, 2.05) is 18.2 Å². The van der Waals surface area contributed by atoms with Crippen LogP contribution in [0.5, 0.6) is 0 Å². The van der Waals surface area contributed by atoms with E-state index < -0.39 is 40.7 Å². The molecule has 0 aliphatic heterocycles. The van der Waals surface area contributed by atoms with Crippen molar-refractivity contribution >= 4 is 69.9 Å². The molecule has 2 fully saturated rings. The van der Waals surface area contributed by atoms with E-state index in [0.717, 1.165) is 5.56 Å². The number of nitrogens with two attached hydrogens (primary N) is 2. The van der Waals surface area contributed by atoms with Crippen LogP contribution in [0.4, 0.5) is 43.7 Å². The molecule has 0 aromatic heterocycles. The van der Waals surface area contributed by atoms with Crippen molar-refractivity contribution in [3.63, 3.8) is 0 Å². The summed E-state index contributed by atoms with van der Waals surface area (Å²) in [4.78, 5) is 77.1. The molecule has 6 amide bonds. The molecule has 7 rings (SSSR count). The smallest absolute Gasteiger partial charge is 0.408 e. The molecule has 324 valence electrons. The van der Waals surface area contributed by atoms with Crippen LogP contribution < -0.4 is 43.4 Å². The largest absolute Gasteiger partial charge is 0.445 e. The normalized spacial score (nSPS) is 14.2. The van der Waals surface area contributed by atoms with Crippen LogP contribution in [-0.2, 0) is 25.7 Å². The van der Waals surface area contributed by atoms with Gasteiger partial charge in [0.1, 0.15) is 23.3 Å². The first kappa shape index (κ1) is 43.2. The fraction of sp³-hybridized carbons (Fsp3) is 0.234. The molecule has 63 heavy (non-hydrogen) atoms. The Labute approximate surface area is 363 Å². The number of nitrogen functional groups attached to an aromatic ring is 2. The lowest BCUT2D eigenvalue weighted by molar-refractivity contribution is -0.119. The Bertz CT molecular complexity index is 2560. The number of carbonyl (C=O) groups is 6. The molecule has 2 aliphatic rings. The predicted octanol–water partition coefficient (Wildman–Crippen LogP) is 7.42. The average molecular weight is 853 g/mol. The number of alkyl carbamates (subject to hydrolysis) is 2. The first-order valence-corrected chi connectivity index (χ1v) is 20.3. The van der Waals surface area contributed by atoms with Gasteiger partial charge in [0.2, 0.25) is 11.8 Å². The van der Waals surface area contributed by atoms with Crippen molar-refractivity contribution in [2.75, 3.05) is 32.7 Å². The van der Waals surface area contributed by atoms with Crippen molar-refractivity contribution in [3.8, 4) is 11.1 Å². The monoisotopic (exact) mass is 852 g/mol. The van der Waals surface area contributed by atoms with Gasteiger partial charge >= 0.3 is 12.2 Å². The summed E-state index contributed by atoms with van der Waals surface area (Å²) in [5.74, 6) is -1.53. The van der Waals surface area contributed by atoms with Gasteiger partial charge in [-0.15, -0.1) is 0 Å². The molecule has 0 spiro atoms. The highest BCUT2D eigenvalue weighted by atomic mass is 16.6. The van der Waals surface area contributed by atoms with Crippen molar-refractivity contribution in [1.29, 1.82) is 0 Å². The highest BCUT2D eigenvalue weighted by Crippen LogP contribution is 2.38. The first-order valence-electron chi connectivity index (χ1n) is 20.3. The number of rotatable bonds is 13. The number of ether oxygens (including phenoxy) is 2. The Morgan fingerprint density at radius 1 is 0.571 bits per heavy atom. The lowest BCUT2D eigenvalue weighted by atomic mass is 10.0. The SMILES string of the molecule is CC(C)(C)OC(=O)NC1(C(=O)Nc2ccc(C(=O)Nc3cccc(-c4ccc(COC(=O)NC5(C(=O)Nc6ccc(C(=O)Nc7ccccc7N)cc6)CC5)cc4)c3N)cc2)CC1. The first-order chi connectivity index (χ1) is 30.0. The maximum Gasteiger partial charge on any atom is 0.408 e. The fourth-order valence-corrected chi connectivity index (χ4v) is 6.56. The number of carbonyl (C=O) groups excluding carboxylic acids is 6. The topological polar surface area (TPSA) is 245 Å². The summed E-state index contributed by atoms with van der Waals surface area (Å²) in [7, 11) is 0. The van der Waals surface area contributed by atoms with Gasteiger partial charge < -0.3 is 52.8 Å². The van der Waals surface area contributed by atoms with E-state index in [2.05, 4.69) is 31.9 Å². The quantitative estimate of drug-likeness (QED) is 0.0545. The van der Waals surface area contributed by atoms with E-state index in [1.54, 1.807) is 118 Å². The van der Waals surface area contributed by atoms with Gasteiger partial charge in [-0.1, -0.05) is 48.5 Å². The van der Waals surface area contributed by atoms with Crippen molar-refractivity contribution in [3.05, 3.63) is 132 Å².